The van der Waals surface area contributed by atoms with Crippen molar-refractivity contribution in [2.75, 3.05) is 30.3 Å². The van der Waals surface area contributed by atoms with Crippen molar-refractivity contribution >= 4 is 27.3 Å². The molecule has 0 saturated carbocycles. The number of benzene rings is 2. The van der Waals surface area contributed by atoms with Crippen LogP contribution in [0.15, 0.2) is 47.4 Å². The third-order valence-corrected chi connectivity index (χ3v) is 6.76. The number of sulfonamides is 1. The summed E-state index contributed by atoms with van der Waals surface area (Å²) in [5.41, 5.74) is 1.28. The summed E-state index contributed by atoms with van der Waals surface area (Å²) in [7, 11) is -3.56. The fourth-order valence-electron chi connectivity index (χ4n) is 3.17. The van der Waals surface area contributed by atoms with E-state index in [1.165, 1.54) is 16.4 Å². The van der Waals surface area contributed by atoms with Crippen LogP contribution in [0.2, 0.25) is 0 Å². The quantitative estimate of drug-likeness (QED) is 0.773. The number of hydrogen-bond donors (Lipinski definition) is 2. The molecule has 1 saturated heterocycles. The van der Waals surface area contributed by atoms with Gasteiger partial charge in [-0.1, -0.05) is 24.6 Å². The predicted molar refractivity (Wildman–Crippen MR) is 107 cm³/mol. The van der Waals surface area contributed by atoms with Crippen LogP contribution in [0.1, 0.15) is 24.8 Å². The minimum absolute atomic E-state index is 0.103. The number of halogens is 1. The number of carbonyl (C=O) groups is 1. The van der Waals surface area contributed by atoms with Gasteiger partial charge in [-0.05, 0) is 49.6 Å². The third kappa shape index (κ3) is 4.69. The minimum Gasteiger partial charge on any atom is -0.376 e. The van der Waals surface area contributed by atoms with Gasteiger partial charge in [0.05, 0.1) is 17.1 Å². The van der Waals surface area contributed by atoms with Crippen LogP contribution in [0.5, 0.6) is 0 Å². The molecule has 3 rings (SSSR count). The van der Waals surface area contributed by atoms with Gasteiger partial charge in [0.2, 0.25) is 15.9 Å². The van der Waals surface area contributed by atoms with E-state index in [2.05, 4.69) is 10.6 Å². The van der Waals surface area contributed by atoms with Crippen LogP contribution >= 0.6 is 0 Å². The summed E-state index contributed by atoms with van der Waals surface area (Å²) in [5.74, 6) is -0.938. The van der Waals surface area contributed by atoms with Crippen molar-refractivity contribution in [3.63, 3.8) is 0 Å². The van der Waals surface area contributed by atoms with Gasteiger partial charge in [-0.25, -0.2) is 12.8 Å². The Balaban J connectivity index is 1.69. The van der Waals surface area contributed by atoms with Crippen molar-refractivity contribution in [3.05, 3.63) is 53.8 Å². The highest BCUT2D eigenvalue weighted by Gasteiger charge is 2.27. The molecule has 8 heteroatoms. The number of amides is 1. The van der Waals surface area contributed by atoms with E-state index in [1.54, 1.807) is 37.3 Å². The van der Waals surface area contributed by atoms with E-state index in [0.717, 1.165) is 19.3 Å². The SMILES string of the molecule is Cc1ccc(NCC(=O)Nc2ccccc2F)cc1S(=O)(=O)N1CCCCC1. The van der Waals surface area contributed by atoms with Crippen LogP contribution < -0.4 is 10.6 Å². The van der Waals surface area contributed by atoms with E-state index in [9.17, 15) is 17.6 Å². The van der Waals surface area contributed by atoms with E-state index < -0.39 is 21.7 Å². The lowest BCUT2D eigenvalue weighted by Crippen LogP contribution is -2.36. The molecular weight excluding hydrogens is 381 g/mol. The molecule has 6 nitrogen and oxygen atoms in total. The number of carbonyl (C=O) groups excluding carboxylic acids is 1. The summed E-state index contributed by atoms with van der Waals surface area (Å²) >= 11 is 0. The lowest BCUT2D eigenvalue weighted by atomic mass is 10.2. The molecule has 28 heavy (non-hydrogen) atoms. The van der Waals surface area contributed by atoms with Gasteiger partial charge in [0.25, 0.3) is 0 Å². The Hall–Kier alpha value is -2.45. The van der Waals surface area contributed by atoms with E-state index in [4.69, 9.17) is 0 Å². The first-order chi connectivity index (χ1) is 13.4. The molecule has 1 fully saturated rings. The number of rotatable bonds is 6. The van der Waals surface area contributed by atoms with Gasteiger partial charge < -0.3 is 10.6 Å². The lowest BCUT2D eigenvalue weighted by molar-refractivity contribution is -0.114. The monoisotopic (exact) mass is 405 g/mol. The standard InChI is InChI=1S/C20H24FN3O3S/c1-15-9-10-16(13-19(15)28(26,27)24-11-5-2-6-12-24)22-14-20(25)23-18-8-4-3-7-17(18)21/h3-4,7-10,13,22H,2,5-6,11-12,14H2,1H3,(H,23,25). The summed E-state index contributed by atoms with van der Waals surface area (Å²) < 4.78 is 41.0. The van der Waals surface area contributed by atoms with Gasteiger partial charge in [0.1, 0.15) is 5.82 Å². The summed E-state index contributed by atoms with van der Waals surface area (Å²) in [6.45, 7) is 2.71. The predicted octanol–water partition coefficient (Wildman–Crippen LogP) is 3.36. The number of aryl methyl sites for hydroxylation is 1. The maximum atomic E-state index is 13.6. The Morgan fingerprint density at radius 3 is 2.54 bits per heavy atom. The maximum absolute atomic E-state index is 13.6. The van der Waals surface area contributed by atoms with Crippen LogP contribution in [0.25, 0.3) is 0 Å². The van der Waals surface area contributed by atoms with Crippen LogP contribution in [0, 0.1) is 12.7 Å². The molecule has 0 bridgehead atoms. The van der Waals surface area contributed by atoms with Crippen molar-refractivity contribution < 1.29 is 17.6 Å². The summed E-state index contributed by atoms with van der Waals surface area (Å²) in [6, 6.07) is 10.9. The molecule has 1 aliphatic heterocycles. The first kappa shape index (κ1) is 20.3. The maximum Gasteiger partial charge on any atom is 0.243 e. The molecule has 2 aromatic rings. The lowest BCUT2D eigenvalue weighted by Gasteiger charge is -2.26. The Morgan fingerprint density at radius 2 is 1.82 bits per heavy atom. The number of para-hydroxylation sites is 1. The molecule has 0 aliphatic carbocycles. The van der Waals surface area contributed by atoms with Gasteiger partial charge in [-0.2, -0.15) is 4.31 Å². The zero-order valence-corrected chi connectivity index (χ0v) is 16.6. The first-order valence-electron chi connectivity index (χ1n) is 9.27. The number of nitrogens with zero attached hydrogens (tertiary/aromatic N) is 1. The molecule has 0 radical (unpaired) electrons. The van der Waals surface area contributed by atoms with Crippen LogP contribution in [-0.2, 0) is 14.8 Å². The number of piperidine rings is 1. The number of anilines is 2. The molecule has 150 valence electrons. The zero-order chi connectivity index (χ0) is 20.1. The Kier molecular flexibility index (Phi) is 6.31. The van der Waals surface area contributed by atoms with Crippen molar-refractivity contribution in [2.45, 2.75) is 31.1 Å². The second-order valence-electron chi connectivity index (χ2n) is 6.83. The zero-order valence-electron chi connectivity index (χ0n) is 15.7. The van der Waals surface area contributed by atoms with Gasteiger partial charge in [0, 0.05) is 18.8 Å². The van der Waals surface area contributed by atoms with Gasteiger partial charge >= 0.3 is 0 Å². The molecule has 1 aliphatic rings. The van der Waals surface area contributed by atoms with E-state index in [0.29, 0.717) is 24.3 Å². The van der Waals surface area contributed by atoms with E-state index >= 15 is 0 Å². The molecule has 2 aromatic carbocycles. The molecule has 2 N–H and O–H groups in total. The highest BCUT2D eigenvalue weighted by molar-refractivity contribution is 7.89. The summed E-state index contributed by atoms with van der Waals surface area (Å²) in [4.78, 5) is 12.3. The van der Waals surface area contributed by atoms with Crippen LogP contribution in [-0.4, -0.2) is 38.3 Å². The van der Waals surface area contributed by atoms with Crippen molar-refractivity contribution in [1.82, 2.24) is 4.31 Å². The Labute approximate surface area is 164 Å². The van der Waals surface area contributed by atoms with Gasteiger partial charge in [-0.3, -0.25) is 4.79 Å². The van der Waals surface area contributed by atoms with Gasteiger partial charge in [0.15, 0.2) is 0 Å². The average Bonchev–Trinajstić information content (AvgIpc) is 2.69. The van der Waals surface area contributed by atoms with Crippen molar-refractivity contribution in [3.8, 4) is 0 Å². The van der Waals surface area contributed by atoms with Crippen LogP contribution in [0.3, 0.4) is 0 Å². The smallest absolute Gasteiger partial charge is 0.243 e. The normalized spacial score (nSPS) is 15.2. The average molecular weight is 405 g/mol. The minimum atomic E-state index is -3.56. The topological polar surface area (TPSA) is 78.5 Å². The van der Waals surface area contributed by atoms with E-state index in [-0.39, 0.29) is 17.1 Å². The molecule has 0 spiro atoms. The van der Waals surface area contributed by atoms with Crippen LogP contribution in [0.4, 0.5) is 15.8 Å². The third-order valence-electron chi connectivity index (χ3n) is 4.72. The largest absolute Gasteiger partial charge is 0.376 e. The fraction of sp³-hybridized carbons (Fsp3) is 0.350. The first-order valence-corrected chi connectivity index (χ1v) is 10.7. The molecular formula is C20H24FN3O3S. The van der Waals surface area contributed by atoms with Crippen molar-refractivity contribution in [1.29, 1.82) is 0 Å². The molecule has 1 amide bonds. The summed E-state index contributed by atoms with van der Waals surface area (Å²) in [5, 5.41) is 5.39. The van der Waals surface area contributed by atoms with E-state index in [1.807, 2.05) is 0 Å². The molecule has 1 heterocycles. The molecule has 0 atom stereocenters. The van der Waals surface area contributed by atoms with Gasteiger partial charge in [-0.15, -0.1) is 0 Å². The second-order valence-corrected chi connectivity index (χ2v) is 8.73. The van der Waals surface area contributed by atoms with Crippen molar-refractivity contribution in [2.24, 2.45) is 0 Å². The number of hydrogen-bond acceptors (Lipinski definition) is 4. The second kappa shape index (κ2) is 8.70. The highest BCUT2D eigenvalue weighted by atomic mass is 32.2. The molecule has 0 aromatic heterocycles. The highest BCUT2D eigenvalue weighted by Crippen LogP contribution is 2.26. The summed E-state index contributed by atoms with van der Waals surface area (Å²) in [6.07, 6.45) is 2.78. The Morgan fingerprint density at radius 1 is 1.11 bits per heavy atom. The number of nitrogens with one attached hydrogen (secondary N) is 2. The Bertz CT molecular complexity index is 957. The molecule has 0 unspecified atom stereocenters. The fourth-order valence-corrected chi connectivity index (χ4v) is 4.94.